The summed E-state index contributed by atoms with van der Waals surface area (Å²) in [6, 6.07) is 5.95. The Kier molecular flexibility index (Phi) is 5.31. The van der Waals surface area contributed by atoms with E-state index in [-0.39, 0.29) is 11.7 Å². The SMILES string of the molecule is Cc1nn(Cc2ccc(Cl)cc2F)c2c1CCN(C(=O)CC1CC3CCC(C1)N3)C2. The summed E-state index contributed by atoms with van der Waals surface area (Å²) in [5, 5.41) is 8.70. The molecule has 30 heavy (non-hydrogen) atoms. The van der Waals surface area contributed by atoms with E-state index in [0.717, 1.165) is 37.2 Å². The third kappa shape index (κ3) is 3.87. The van der Waals surface area contributed by atoms with E-state index in [2.05, 4.69) is 10.4 Å². The van der Waals surface area contributed by atoms with Gasteiger partial charge >= 0.3 is 0 Å². The van der Waals surface area contributed by atoms with Crippen LogP contribution in [0, 0.1) is 18.7 Å². The third-order valence-electron chi connectivity index (χ3n) is 7.06. The minimum Gasteiger partial charge on any atom is -0.336 e. The number of rotatable bonds is 4. The molecule has 4 heterocycles. The lowest BCUT2D eigenvalue weighted by Gasteiger charge is -2.32. The van der Waals surface area contributed by atoms with Gasteiger partial charge in [0, 0.05) is 35.6 Å². The van der Waals surface area contributed by atoms with Gasteiger partial charge in [0.1, 0.15) is 5.82 Å². The molecule has 2 bridgehead atoms. The molecule has 1 aromatic heterocycles. The Labute approximate surface area is 181 Å². The van der Waals surface area contributed by atoms with Gasteiger partial charge in [0.15, 0.2) is 0 Å². The van der Waals surface area contributed by atoms with Crippen LogP contribution in [0.3, 0.4) is 0 Å². The van der Waals surface area contributed by atoms with Gasteiger partial charge in [-0.2, -0.15) is 5.10 Å². The Morgan fingerprint density at radius 3 is 2.80 bits per heavy atom. The zero-order valence-electron chi connectivity index (χ0n) is 17.3. The molecule has 2 unspecified atom stereocenters. The van der Waals surface area contributed by atoms with Gasteiger partial charge < -0.3 is 10.2 Å². The highest BCUT2D eigenvalue weighted by molar-refractivity contribution is 6.30. The van der Waals surface area contributed by atoms with Gasteiger partial charge in [-0.05, 0) is 62.6 Å². The lowest BCUT2D eigenvalue weighted by molar-refractivity contribution is -0.133. The molecule has 1 N–H and O–H groups in total. The van der Waals surface area contributed by atoms with Crippen LogP contribution in [0.1, 0.15) is 54.6 Å². The molecule has 2 fully saturated rings. The number of halogens is 2. The molecule has 2 saturated heterocycles. The van der Waals surface area contributed by atoms with Crippen LogP contribution in [-0.4, -0.2) is 39.2 Å². The predicted octanol–water partition coefficient (Wildman–Crippen LogP) is 3.84. The van der Waals surface area contributed by atoms with Gasteiger partial charge in [-0.1, -0.05) is 17.7 Å². The van der Waals surface area contributed by atoms with Crippen molar-refractivity contribution in [2.75, 3.05) is 6.54 Å². The highest BCUT2D eigenvalue weighted by atomic mass is 35.5. The van der Waals surface area contributed by atoms with Gasteiger partial charge in [-0.3, -0.25) is 9.48 Å². The lowest BCUT2D eigenvalue weighted by atomic mass is 9.89. The van der Waals surface area contributed by atoms with E-state index in [4.69, 9.17) is 11.6 Å². The normalized spacial score (nSPS) is 25.4. The fraction of sp³-hybridized carbons (Fsp3) is 0.565. The zero-order valence-corrected chi connectivity index (χ0v) is 18.1. The molecule has 0 radical (unpaired) electrons. The minimum atomic E-state index is -0.325. The maximum atomic E-state index is 14.3. The second-order valence-electron chi connectivity index (χ2n) is 9.15. The van der Waals surface area contributed by atoms with E-state index in [0.29, 0.717) is 48.1 Å². The first kappa shape index (κ1) is 20.0. The van der Waals surface area contributed by atoms with Crippen molar-refractivity contribution in [3.05, 3.63) is 51.6 Å². The first-order valence-electron chi connectivity index (χ1n) is 11.0. The maximum absolute atomic E-state index is 14.3. The Morgan fingerprint density at radius 1 is 1.30 bits per heavy atom. The topological polar surface area (TPSA) is 50.2 Å². The van der Waals surface area contributed by atoms with E-state index in [1.54, 1.807) is 12.1 Å². The zero-order chi connectivity index (χ0) is 20.8. The number of fused-ring (bicyclic) bond motifs is 3. The molecule has 0 aliphatic carbocycles. The Hall–Kier alpha value is -1.92. The number of hydrogen-bond acceptors (Lipinski definition) is 3. The molecule has 2 aromatic rings. The largest absolute Gasteiger partial charge is 0.336 e. The molecule has 1 amide bonds. The van der Waals surface area contributed by atoms with Crippen molar-refractivity contribution in [1.82, 2.24) is 20.0 Å². The van der Waals surface area contributed by atoms with Gasteiger partial charge in [0.2, 0.25) is 5.91 Å². The van der Waals surface area contributed by atoms with Crippen molar-refractivity contribution in [2.24, 2.45) is 5.92 Å². The van der Waals surface area contributed by atoms with Gasteiger partial charge in [0.25, 0.3) is 0 Å². The van der Waals surface area contributed by atoms with Crippen LogP contribution in [0.5, 0.6) is 0 Å². The van der Waals surface area contributed by atoms with E-state index in [1.807, 2.05) is 16.5 Å². The number of nitrogens with one attached hydrogen (secondary N) is 1. The predicted molar refractivity (Wildman–Crippen MR) is 114 cm³/mol. The number of piperidine rings is 1. The molecule has 1 aromatic carbocycles. The van der Waals surface area contributed by atoms with Crippen LogP contribution >= 0.6 is 11.6 Å². The lowest BCUT2D eigenvalue weighted by Crippen LogP contribution is -2.42. The molecule has 2 atom stereocenters. The van der Waals surface area contributed by atoms with Crippen molar-refractivity contribution >= 4 is 17.5 Å². The monoisotopic (exact) mass is 430 g/mol. The van der Waals surface area contributed by atoms with E-state index in [9.17, 15) is 9.18 Å². The second-order valence-corrected chi connectivity index (χ2v) is 9.59. The summed E-state index contributed by atoms with van der Waals surface area (Å²) < 4.78 is 16.2. The second kappa shape index (κ2) is 7.97. The number of hydrogen-bond donors (Lipinski definition) is 1. The van der Waals surface area contributed by atoms with Crippen molar-refractivity contribution in [3.8, 4) is 0 Å². The van der Waals surface area contributed by atoms with E-state index < -0.39 is 0 Å². The first-order valence-corrected chi connectivity index (χ1v) is 11.4. The number of aromatic nitrogens is 2. The summed E-state index contributed by atoms with van der Waals surface area (Å²) >= 11 is 5.88. The van der Waals surface area contributed by atoms with Crippen LogP contribution in [0.4, 0.5) is 4.39 Å². The van der Waals surface area contributed by atoms with Gasteiger partial charge in [-0.25, -0.2) is 4.39 Å². The van der Waals surface area contributed by atoms with Crippen molar-refractivity contribution < 1.29 is 9.18 Å². The highest BCUT2D eigenvalue weighted by Gasteiger charge is 2.35. The molecule has 5 rings (SSSR count). The van der Waals surface area contributed by atoms with E-state index >= 15 is 0 Å². The first-order chi connectivity index (χ1) is 14.5. The number of nitrogens with zero attached hydrogens (tertiary/aromatic N) is 3. The van der Waals surface area contributed by atoms with Crippen LogP contribution in [-0.2, 0) is 24.3 Å². The van der Waals surface area contributed by atoms with Crippen LogP contribution < -0.4 is 5.32 Å². The fourth-order valence-corrected chi connectivity index (χ4v) is 5.71. The summed E-state index contributed by atoms with van der Waals surface area (Å²) in [5.74, 6) is 0.413. The van der Waals surface area contributed by atoms with Crippen molar-refractivity contribution in [1.29, 1.82) is 0 Å². The van der Waals surface area contributed by atoms with Crippen molar-refractivity contribution in [2.45, 2.75) is 70.6 Å². The fourth-order valence-electron chi connectivity index (χ4n) is 5.55. The molecule has 3 aliphatic heterocycles. The molecule has 160 valence electrons. The number of carbonyl (C=O) groups excluding carboxylic acids is 1. The number of benzene rings is 1. The molecule has 3 aliphatic rings. The average molecular weight is 431 g/mol. The Bertz CT molecular complexity index is 962. The third-order valence-corrected chi connectivity index (χ3v) is 7.30. The van der Waals surface area contributed by atoms with Gasteiger partial charge in [0.05, 0.1) is 24.5 Å². The van der Waals surface area contributed by atoms with Gasteiger partial charge in [-0.15, -0.1) is 0 Å². The number of aryl methyl sites for hydroxylation is 1. The Morgan fingerprint density at radius 2 is 2.07 bits per heavy atom. The quantitative estimate of drug-likeness (QED) is 0.801. The van der Waals surface area contributed by atoms with Crippen LogP contribution in [0.25, 0.3) is 0 Å². The highest BCUT2D eigenvalue weighted by Crippen LogP contribution is 2.33. The summed E-state index contributed by atoms with van der Waals surface area (Å²) in [7, 11) is 0. The molecular weight excluding hydrogens is 403 g/mol. The van der Waals surface area contributed by atoms with Crippen LogP contribution in [0.15, 0.2) is 18.2 Å². The summed E-state index contributed by atoms with van der Waals surface area (Å²) in [4.78, 5) is 15.1. The summed E-state index contributed by atoms with van der Waals surface area (Å²) in [6.07, 6.45) is 6.20. The molecule has 0 saturated carbocycles. The maximum Gasteiger partial charge on any atom is 0.223 e. The summed E-state index contributed by atoms with van der Waals surface area (Å²) in [6.45, 7) is 3.64. The number of amides is 1. The Balaban J connectivity index is 1.30. The van der Waals surface area contributed by atoms with E-state index in [1.165, 1.54) is 24.5 Å². The van der Waals surface area contributed by atoms with Crippen LogP contribution in [0.2, 0.25) is 5.02 Å². The standard InChI is InChI=1S/C23H28ClFN4O/c1-14-20-6-7-28(23(30)10-15-8-18-4-5-19(9-15)26-18)13-22(20)29(27-14)12-16-2-3-17(24)11-21(16)25/h2-3,11,15,18-19,26H,4-10,12-13H2,1H3. The summed E-state index contributed by atoms with van der Waals surface area (Å²) in [5.41, 5.74) is 3.76. The van der Waals surface area contributed by atoms with Crippen molar-refractivity contribution in [3.63, 3.8) is 0 Å². The number of carbonyl (C=O) groups is 1. The minimum absolute atomic E-state index is 0.245. The molecular formula is C23H28ClFN4O. The average Bonchev–Trinajstić information content (AvgIpc) is 3.22. The molecule has 5 nitrogen and oxygen atoms in total. The molecule has 0 spiro atoms. The molecule has 7 heteroatoms. The smallest absolute Gasteiger partial charge is 0.223 e.